The number of benzene rings is 1. The lowest BCUT2D eigenvalue weighted by atomic mass is 10.3. The normalized spacial score (nSPS) is 8.85. The molecule has 1 N–H and O–H groups in total. The predicted molar refractivity (Wildman–Crippen MR) is 56.0 cm³/mol. The van der Waals surface area contributed by atoms with Gasteiger partial charge in [-0.1, -0.05) is 5.92 Å². The Balaban J connectivity index is 2.70. The summed E-state index contributed by atoms with van der Waals surface area (Å²) in [5.41, 5.74) is 0.851. The molecule has 0 atom stereocenters. The smallest absolute Gasteiger partial charge is 0.124 e. The van der Waals surface area contributed by atoms with Gasteiger partial charge in [0, 0.05) is 10.2 Å². The van der Waals surface area contributed by atoms with Gasteiger partial charge in [0.05, 0.1) is 6.54 Å². The molecular weight excluding hydrogens is 233 g/mol. The molecule has 0 aromatic heterocycles. The zero-order valence-corrected chi connectivity index (χ0v) is 8.78. The van der Waals surface area contributed by atoms with Crippen LogP contribution in [0.15, 0.2) is 22.7 Å². The van der Waals surface area contributed by atoms with Crippen LogP contribution in [-0.4, -0.2) is 6.54 Å². The second-order valence-corrected chi connectivity index (χ2v) is 3.26. The van der Waals surface area contributed by atoms with Crippen LogP contribution in [0.4, 0.5) is 10.1 Å². The van der Waals surface area contributed by atoms with Gasteiger partial charge >= 0.3 is 0 Å². The third-order valence-corrected chi connectivity index (χ3v) is 2.13. The minimum atomic E-state index is -0.251. The summed E-state index contributed by atoms with van der Waals surface area (Å²) in [5, 5.41) is 3.05. The Hall–Kier alpha value is -1.01. The molecule has 1 nitrogen and oxygen atoms in total. The van der Waals surface area contributed by atoms with Gasteiger partial charge < -0.3 is 5.32 Å². The molecule has 0 fully saturated rings. The number of hydrogen-bond acceptors (Lipinski definition) is 1. The molecule has 0 aliphatic heterocycles. The van der Waals surface area contributed by atoms with Crippen LogP contribution in [0.5, 0.6) is 0 Å². The van der Waals surface area contributed by atoms with E-state index >= 15 is 0 Å². The average Bonchev–Trinajstić information content (AvgIpc) is 2.09. The minimum absolute atomic E-state index is 0.251. The highest BCUT2D eigenvalue weighted by molar-refractivity contribution is 9.10. The van der Waals surface area contributed by atoms with Gasteiger partial charge in [-0.15, -0.1) is 5.92 Å². The van der Waals surface area contributed by atoms with Crippen LogP contribution in [-0.2, 0) is 0 Å². The fraction of sp³-hybridized carbons (Fsp3) is 0.200. The van der Waals surface area contributed by atoms with E-state index < -0.39 is 0 Å². The third kappa shape index (κ3) is 3.08. The van der Waals surface area contributed by atoms with Crippen LogP contribution in [0.1, 0.15) is 6.92 Å². The maximum atomic E-state index is 12.7. The fourth-order valence-electron chi connectivity index (χ4n) is 0.861. The van der Waals surface area contributed by atoms with Gasteiger partial charge in [-0.2, -0.15) is 0 Å². The van der Waals surface area contributed by atoms with E-state index in [1.54, 1.807) is 13.0 Å². The monoisotopic (exact) mass is 241 g/mol. The first-order valence-corrected chi connectivity index (χ1v) is 4.62. The predicted octanol–water partition coefficient (Wildman–Crippen LogP) is 3.02. The molecule has 13 heavy (non-hydrogen) atoms. The number of anilines is 1. The van der Waals surface area contributed by atoms with Crippen LogP contribution in [0, 0.1) is 17.7 Å². The van der Waals surface area contributed by atoms with Crippen molar-refractivity contribution in [1.29, 1.82) is 0 Å². The second-order valence-electron chi connectivity index (χ2n) is 2.40. The van der Waals surface area contributed by atoms with E-state index in [2.05, 4.69) is 33.1 Å². The third-order valence-electron chi connectivity index (χ3n) is 1.48. The molecule has 0 heterocycles. The van der Waals surface area contributed by atoms with Crippen molar-refractivity contribution >= 4 is 21.6 Å². The first-order valence-electron chi connectivity index (χ1n) is 3.82. The molecule has 0 amide bonds. The van der Waals surface area contributed by atoms with Crippen molar-refractivity contribution in [2.45, 2.75) is 6.92 Å². The molecule has 0 aliphatic carbocycles. The van der Waals surface area contributed by atoms with Gasteiger partial charge in [-0.25, -0.2) is 4.39 Å². The maximum absolute atomic E-state index is 12.7. The Kier molecular flexibility index (Phi) is 3.78. The average molecular weight is 242 g/mol. The van der Waals surface area contributed by atoms with Crippen molar-refractivity contribution in [3.05, 3.63) is 28.5 Å². The molecule has 3 heteroatoms. The Morgan fingerprint density at radius 1 is 1.54 bits per heavy atom. The minimum Gasteiger partial charge on any atom is -0.373 e. The van der Waals surface area contributed by atoms with E-state index in [4.69, 9.17) is 0 Å². The zero-order valence-electron chi connectivity index (χ0n) is 7.20. The van der Waals surface area contributed by atoms with E-state index in [0.717, 1.165) is 5.69 Å². The Morgan fingerprint density at radius 3 is 2.92 bits per heavy atom. The largest absolute Gasteiger partial charge is 0.373 e. The standard InChI is InChI=1S/C10H9BrFN/c1-2-3-6-13-10-5-4-8(12)7-9(10)11/h4-5,7,13H,6H2,1H3. The molecule has 0 saturated heterocycles. The van der Waals surface area contributed by atoms with Crippen molar-refractivity contribution < 1.29 is 4.39 Å². The van der Waals surface area contributed by atoms with Crippen LogP contribution < -0.4 is 5.32 Å². The van der Waals surface area contributed by atoms with Crippen molar-refractivity contribution in [1.82, 2.24) is 0 Å². The Labute approximate surface area is 85.5 Å². The summed E-state index contributed by atoms with van der Waals surface area (Å²) in [6.07, 6.45) is 0. The first-order chi connectivity index (χ1) is 6.24. The van der Waals surface area contributed by atoms with E-state index in [9.17, 15) is 4.39 Å². The highest BCUT2D eigenvalue weighted by Gasteiger charge is 1.98. The molecule has 0 spiro atoms. The summed E-state index contributed by atoms with van der Waals surface area (Å²) in [5.74, 6) is 5.38. The van der Waals surface area contributed by atoms with E-state index in [-0.39, 0.29) is 5.82 Å². The van der Waals surface area contributed by atoms with Crippen LogP contribution in [0.3, 0.4) is 0 Å². The summed E-state index contributed by atoms with van der Waals surface area (Å²) >= 11 is 3.25. The summed E-state index contributed by atoms with van der Waals surface area (Å²) in [7, 11) is 0. The van der Waals surface area contributed by atoms with Gasteiger partial charge in [0.15, 0.2) is 0 Å². The van der Waals surface area contributed by atoms with Gasteiger partial charge in [0.2, 0.25) is 0 Å². The first kappa shape index (κ1) is 10.1. The lowest BCUT2D eigenvalue weighted by molar-refractivity contribution is 0.627. The van der Waals surface area contributed by atoms with Crippen LogP contribution in [0.2, 0.25) is 0 Å². The molecule has 1 rings (SSSR count). The molecule has 1 aromatic rings. The molecule has 0 unspecified atom stereocenters. The Bertz CT molecular complexity index is 352. The van der Waals surface area contributed by atoms with Crippen molar-refractivity contribution in [3.8, 4) is 11.8 Å². The van der Waals surface area contributed by atoms with Crippen molar-refractivity contribution in [2.24, 2.45) is 0 Å². The molecule has 0 saturated carbocycles. The molecule has 0 radical (unpaired) electrons. The molecule has 0 aliphatic rings. The van der Waals surface area contributed by atoms with Crippen LogP contribution in [0.25, 0.3) is 0 Å². The lowest BCUT2D eigenvalue weighted by Crippen LogP contribution is -1.99. The van der Waals surface area contributed by atoms with Crippen LogP contribution >= 0.6 is 15.9 Å². The number of hydrogen-bond donors (Lipinski definition) is 1. The van der Waals surface area contributed by atoms with E-state index in [0.29, 0.717) is 11.0 Å². The summed E-state index contributed by atoms with van der Waals surface area (Å²) < 4.78 is 13.4. The van der Waals surface area contributed by atoms with Gasteiger partial charge in [-0.3, -0.25) is 0 Å². The highest BCUT2D eigenvalue weighted by atomic mass is 79.9. The quantitative estimate of drug-likeness (QED) is 0.786. The van der Waals surface area contributed by atoms with Gasteiger partial charge in [0.25, 0.3) is 0 Å². The Morgan fingerprint density at radius 2 is 2.31 bits per heavy atom. The fourth-order valence-corrected chi connectivity index (χ4v) is 1.35. The topological polar surface area (TPSA) is 12.0 Å². The van der Waals surface area contributed by atoms with E-state index in [1.807, 2.05) is 0 Å². The van der Waals surface area contributed by atoms with Gasteiger partial charge in [-0.05, 0) is 41.1 Å². The molecule has 68 valence electrons. The lowest BCUT2D eigenvalue weighted by Gasteiger charge is -2.04. The summed E-state index contributed by atoms with van der Waals surface area (Å²) in [4.78, 5) is 0. The molecule has 0 bridgehead atoms. The van der Waals surface area contributed by atoms with Gasteiger partial charge in [0.1, 0.15) is 5.82 Å². The maximum Gasteiger partial charge on any atom is 0.124 e. The number of nitrogens with one attached hydrogen (secondary N) is 1. The van der Waals surface area contributed by atoms with Crippen molar-refractivity contribution in [3.63, 3.8) is 0 Å². The summed E-state index contributed by atoms with van der Waals surface area (Å²) in [6, 6.07) is 4.50. The number of rotatable bonds is 2. The highest BCUT2D eigenvalue weighted by Crippen LogP contribution is 2.22. The number of halogens is 2. The van der Waals surface area contributed by atoms with Crippen molar-refractivity contribution in [2.75, 3.05) is 11.9 Å². The second kappa shape index (κ2) is 4.88. The SMILES string of the molecule is CC#CCNc1ccc(F)cc1Br. The summed E-state index contributed by atoms with van der Waals surface area (Å²) in [6.45, 7) is 2.35. The molecular formula is C10H9BrFN. The van der Waals surface area contributed by atoms with E-state index in [1.165, 1.54) is 12.1 Å². The molecule has 1 aromatic carbocycles. The zero-order chi connectivity index (χ0) is 9.68.